The third kappa shape index (κ3) is 6.71. The van der Waals surface area contributed by atoms with Crippen molar-refractivity contribution in [3.8, 4) is 0 Å². The molecule has 0 aliphatic carbocycles. The number of amides is 1. The maximum absolute atomic E-state index is 11.5. The lowest BCUT2D eigenvalue weighted by molar-refractivity contribution is 0.139. The molecule has 0 heterocycles. The molecule has 0 aliphatic heterocycles. The van der Waals surface area contributed by atoms with Crippen molar-refractivity contribution in [2.24, 2.45) is 4.99 Å². The molecule has 0 aromatic heterocycles. The average molecular weight is 276 g/mol. The minimum absolute atomic E-state index is 0.0769. The maximum atomic E-state index is 11.5. The third-order valence-electron chi connectivity index (χ3n) is 2.82. The van der Waals surface area contributed by atoms with Crippen LogP contribution in [0.25, 0.3) is 0 Å². The molecule has 0 bridgehead atoms. The quantitative estimate of drug-likeness (QED) is 0.586. The Kier molecular flexibility index (Phi) is 7.77. The molecule has 1 unspecified atom stereocenters. The highest BCUT2D eigenvalue weighted by Gasteiger charge is 2.07. The number of aliphatic imine (C=N–C) groups is 1. The largest absolute Gasteiger partial charge is 0.445 e. The highest BCUT2D eigenvalue weighted by atomic mass is 16.5. The summed E-state index contributed by atoms with van der Waals surface area (Å²) in [6.07, 6.45) is 3.48. The van der Waals surface area contributed by atoms with Crippen LogP contribution in [-0.4, -0.2) is 24.8 Å². The van der Waals surface area contributed by atoms with Crippen molar-refractivity contribution in [2.75, 3.05) is 6.54 Å². The number of ether oxygens (including phenoxy) is 1. The number of carbonyl (C=O) groups is 1. The summed E-state index contributed by atoms with van der Waals surface area (Å²) in [4.78, 5) is 25.4. The Hall–Kier alpha value is -2.13. The van der Waals surface area contributed by atoms with Gasteiger partial charge in [0.2, 0.25) is 6.08 Å². The Morgan fingerprint density at radius 3 is 2.75 bits per heavy atom. The van der Waals surface area contributed by atoms with Gasteiger partial charge in [0, 0.05) is 6.54 Å². The van der Waals surface area contributed by atoms with Crippen molar-refractivity contribution in [1.82, 2.24) is 5.32 Å². The molecule has 0 saturated heterocycles. The van der Waals surface area contributed by atoms with Crippen molar-refractivity contribution < 1.29 is 14.3 Å². The van der Waals surface area contributed by atoms with Crippen molar-refractivity contribution in [3.05, 3.63) is 35.9 Å². The van der Waals surface area contributed by atoms with E-state index in [1.165, 1.54) is 0 Å². The van der Waals surface area contributed by atoms with Gasteiger partial charge in [-0.15, -0.1) is 0 Å². The van der Waals surface area contributed by atoms with E-state index in [-0.39, 0.29) is 12.6 Å². The van der Waals surface area contributed by atoms with E-state index in [1.54, 1.807) is 6.08 Å². The second-order valence-electron chi connectivity index (χ2n) is 4.44. The molecule has 5 heteroatoms. The molecular weight excluding hydrogens is 256 g/mol. The van der Waals surface area contributed by atoms with Gasteiger partial charge in [0.25, 0.3) is 0 Å². The molecule has 0 spiro atoms. The Morgan fingerprint density at radius 1 is 1.35 bits per heavy atom. The van der Waals surface area contributed by atoms with E-state index in [0.29, 0.717) is 13.0 Å². The first-order chi connectivity index (χ1) is 9.76. The molecule has 0 fully saturated rings. The highest BCUT2D eigenvalue weighted by Crippen LogP contribution is 2.05. The zero-order valence-corrected chi connectivity index (χ0v) is 11.7. The van der Waals surface area contributed by atoms with Crippen LogP contribution in [0.4, 0.5) is 4.79 Å². The van der Waals surface area contributed by atoms with Gasteiger partial charge in [0.15, 0.2) is 0 Å². The Bertz CT molecular complexity index is 442. The monoisotopic (exact) mass is 276 g/mol. The number of rotatable bonds is 8. The molecule has 5 nitrogen and oxygen atoms in total. The molecule has 108 valence electrons. The molecular formula is C15H20N2O3. The van der Waals surface area contributed by atoms with Crippen molar-refractivity contribution >= 4 is 12.2 Å². The summed E-state index contributed by atoms with van der Waals surface area (Å²) in [5.74, 6) is 0. The fraction of sp³-hybridized carbons (Fsp3) is 0.467. The van der Waals surface area contributed by atoms with Gasteiger partial charge in [-0.1, -0.05) is 43.7 Å². The van der Waals surface area contributed by atoms with Crippen molar-refractivity contribution in [3.63, 3.8) is 0 Å². The summed E-state index contributed by atoms with van der Waals surface area (Å²) in [5.41, 5.74) is 0.942. The Labute approximate surface area is 119 Å². The SMILES string of the molecule is CCCC(CCNC(=O)OCc1ccccc1)N=C=O. The highest BCUT2D eigenvalue weighted by molar-refractivity contribution is 5.67. The van der Waals surface area contributed by atoms with Gasteiger partial charge in [-0.05, 0) is 18.4 Å². The van der Waals surface area contributed by atoms with E-state index in [9.17, 15) is 9.59 Å². The zero-order valence-electron chi connectivity index (χ0n) is 11.7. The van der Waals surface area contributed by atoms with Crippen LogP contribution in [0.15, 0.2) is 35.3 Å². The lowest BCUT2D eigenvalue weighted by Crippen LogP contribution is -2.27. The molecule has 0 saturated carbocycles. The topological polar surface area (TPSA) is 67.8 Å². The number of hydrogen-bond donors (Lipinski definition) is 1. The minimum Gasteiger partial charge on any atom is -0.445 e. The summed E-state index contributed by atoms with van der Waals surface area (Å²) >= 11 is 0. The molecule has 1 N–H and O–H groups in total. The molecule has 1 aromatic rings. The summed E-state index contributed by atoms with van der Waals surface area (Å²) in [6, 6.07) is 9.40. The minimum atomic E-state index is -0.459. The van der Waals surface area contributed by atoms with Crippen LogP contribution < -0.4 is 5.32 Å². The molecule has 1 amide bonds. The van der Waals surface area contributed by atoms with Gasteiger partial charge in [0.1, 0.15) is 6.61 Å². The second kappa shape index (κ2) is 9.75. The van der Waals surface area contributed by atoms with E-state index >= 15 is 0 Å². The first kappa shape index (κ1) is 15.9. The molecule has 20 heavy (non-hydrogen) atoms. The summed E-state index contributed by atoms with van der Waals surface area (Å²) in [7, 11) is 0. The second-order valence-corrected chi connectivity index (χ2v) is 4.44. The van der Waals surface area contributed by atoms with Gasteiger partial charge in [-0.2, -0.15) is 0 Å². The zero-order chi connectivity index (χ0) is 14.6. The van der Waals surface area contributed by atoms with Crippen LogP contribution in [0.1, 0.15) is 31.7 Å². The van der Waals surface area contributed by atoms with E-state index in [0.717, 1.165) is 18.4 Å². The molecule has 1 atom stereocenters. The molecule has 0 radical (unpaired) electrons. The van der Waals surface area contributed by atoms with Crippen molar-refractivity contribution in [2.45, 2.75) is 38.8 Å². The first-order valence-corrected chi connectivity index (χ1v) is 6.77. The predicted molar refractivity (Wildman–Crippen MR) is 76.1 cm³/mol. The Morgan fingerprint density at radius 2 is 2.10 bits per heavy atom. The van der Waals surface area contributed by atoms with Gasteiger partial charge < -0.3 is 10.1 Å². The van der Waals surface area contributed by atoms with Gasteiger partial charge in [0.05, 0.1) is 6.04 Å². The van der Waals surface area contributed by atoms with E-state index in [2.05, 4.69) is 10.3 Å². The summed E-state index contributed by atoms with van der Waals surface area (Å²) in [6.45, 7) is 2.70. The number of nitrogens with one attached hydrogen (secondary N) is 1. The van der Waals surface area contributed by atoms with Crippen LogP contribution in [-0.2, 0) is 16.1 Å². The van der Waals surface area contributed by atoms with Gasteiger partial charge in [-0.25, -0.2) is 14.6 Å². The number of nitrogens with zero attached hydrogens (tertiary/aromatic N) is 1. The number of carbonyl (C=O) groups excluding carboxylic acids is 2. The number of isocyanates is 1. The van der Waals surface area contributed by atoms with Crippen LogP contribution in [0.5, 0.6) is 0 Å². The maximum Gasteiger partial charge on any atom is 0.407 e. The van der Waals surface area contributed by atoms with E-state index in [1.807, 2.05) is 37.3 Å². The lowest BCUT2D eigenvalue weighted by Gasteiger charge is -2.10. The fourth-order valence-corrected chi connectivity index (χ4v) is 1.80. The van der Waals surface area contributed by atoms with Crippen LogP contribution in [0.3, 0.4) is 0 Å². The van der Waals surface area contributed by atoms with Gasteiger partial charge >= 0.3 is 6.09 Å². The number of alkyl carbamates (subject to hydrolysis) is 1. The number of hydrogen-bond acceptors (Lipinski definition) is 4. The molecule has 1 rings (SSSR count). The standard InChI is InChI=1S/C15H20N2O3/c1-2-6-14(17-12-18)9-10-16-15(19)20-11-13-7-4-3-5-8-13/h3-5,7-8,14H,2,6,9-11H2,1H3,(H,16,19). The number of benzene rings is 1. The predicted octanol–water partition coefficient (Wildman–Crippen LogP) is 2.81. The average Bonchev–Trinajstić information content (AvgIpc) is 2.47. The lowest BCUT2D eigenvalue weighted by atomic mass is 10.1. The normalized spacial score (nSPS) is 11.2. The fourth-order valence-electron chi connectivity index (χ4n) is 1.80. The van der Waals surface area contributed by atoms with Crippen molar-refractivity contribution in [1.29, 1.82) is 0 Å². The molecule has 0 aliphatic rings. The smallest absolute Gasteiger partial charge is 0.407 e. The van der Waals surface area contributed by atoms with Crippen LogP contribution in [0, 0.1) is 0 Å². The van der Waals surface area contributed by atoms with Crippen LogP contribution in [0.2, 0.25) is 0 Å². The Balaban J connectivity index is 2.21. The van der Waals surface area contributed by atoms with E-state index < -0.39 is 6.09 Å². The third-order valence-corrected chi connectivity index (χ3v) is 2.82. The summed E-state index contributed by atoms with van der Waals surface area (Å²) < 4.78 is 5.07. The van der Waals surface area contributed by atoms with Crippen LogP contribution >= 0.6 is 0 Å². The molecule has 1 aromatic carbocycles. The van der Waals surface area contributed by atoms with Gasteiger partial charge in [-0.3, -0.25) is 0 Å². The first-order valence-electron chi connectivity index (χ1n) is 6.77. The summed E-state index contributed by atoms with van der Waals surface area (Å²) in [5, 5.41) is 2.65. The van der Waals surface area contributed by atoms with E-state index in [4.69, 9.17) is 4.74 Å².